The highest BCUT2D eigenvalue weighted by Gasteiger charge is 2.00. The van der Waals surface area contributed by atoms with E-state index in [4.69, 9.17) is 4.74 Å². The predicted molar refractivity (Wildman–Crippen MR) is 88.2 cm³/mol. The number of unbranched alkanes of at least 4 members (excludes halogenated alkanes) is 1. The van der Waals surface area contributed by atoms with Gasteiger partial charge in [0.2, 0.25) is 0 Å². The summed E-state index contributed by atoms with van der Waals surface area (Å²) < 4.78 is 6.83. The average Bonchev–Trinajstić information content (AvgIpc) is 2.48. The van der Waals surface area contributed by atoms with Gasteiger partial charge in [-0.2, -0.15) is 0 Å². The van der Waals surface area contributed by atoms with Crippen molar-refractivity contribution in [1.82, 2.24) is 0 Å². The molecular formula is C17H18BrNO. The number of para-hydroxylation sites is 2. The Bertz CT molecular complexity index is 563. The Hall–Kier alpha value is -1.61. The maximum absolute atomic E-state index is 5.76. The number of rotatable bonds is 6. The lowest BCUT2D eigenvalue weighted by Crippen LogP contribution is -1.96. The molecule has 0 aliphatic rings. The highest BCUT2D eigenvalue weighted by Crippen LogP contribution is 2.27. The summed E-state index contributed by atoms with van der Waals surface area (Å²) in [6.07, 6.45) is 4.05. The quantitative estimate of drug-likeness (QED) is 0.514. The van der Waals surface area contributed by atoms with Gasteiger partial charge in [0, 0.05) is 10.7 Å². The van der Waals surface area contributed by atoms with Gasteiger partial charge < -0.3 is 4.74 Å². The number of aliphatic imine (C=N–C) groups is 1. The summed E-state index contributed by atoms with van der Waals surface area (Å²) in [6.45, 7) is 2.89. The highest BCUT2D eigenvalue weighted by atomic mass is 79.9. The molecule has 0 aliphatic carbocycles. The summed E-state index contributed by atoms with van der Waals surface area (Å²) >= 11 is 3.42. The first-order valence-corrected chi connectivity index (χ1v) is 7.60. The van der Waals surface area contributed by atoms with Crippen LogP contribution in [-0.4, -0.2) is 12.8 Å². The first-order chi connectivity index (χ1) is 9.79. The largest absolute Gasteiger partial charge is 0.491 e. The molecule has 0 spiro atoms. The van der Waals surface area contributed by atoms with Crippen LogP contribution in [-0.2, 0) is 0 Å². The third-order valence-electron chi connectivity index (χ3n) is 2.84. The molecule has 2 aromatic carbocycles. The van der Waals surface area contributed by atoms with Crippen LogP contribution in [0.1, 0.15) is 25.3 Å². The second kappa shape index (κ2) is 7.85. The molecule has 0 atom stereocenters. The fraction of sp³-hybridized carbons (Fsp3) is 0.235. The van der Waals surface area contributed by atoms with Crippen molar-refractivity contribution in [2.75, 3.05) is 6.61 Å². The third kappa shape index (κ3) is 4.49. The molecule has 0 fully saturated rings. The van der Waals surface area contributed by atoms with Gasteiger partial charge >= 0.3 is 0 Å². The van der Waals surface area contributed by atoms with Gasteiger partial charge in [0.15, 0.2) is 0 Å². The monoisotopic (exact) mass is 331 g/mol. The Morgan fingerprint density at radius 2 is 1.85 bits per heavy atom. The number of hydrogen-bond donors (Lipinski definition) is 0. The van der Waals surface area contributed by atoms with E-state index in [1.807, 2.05) is 54.7 Å². The van der Waals surface area contributed by atoms with Gasteiger partial charge in [0.1, 0.15) is 11.4 Å². The van der Waals surface area contributed by atoms with Crippen molar-refractivity contribution in [1.29, 1.82) is 0 Å². The Balaban J connectivity index is 2.10. The van der Waals surface area contributed by atoms with Gasteiger partial charge in [0.05, 0.1) is 6.61 Å². The third-order valence-corrected chi connectivity index (χ3v) is 3.37. The van der Waals surface area contributed by atoms with Crippen LogP contribution in [0.15, 0.2) is 58.0 Å². The van der Waals surface area contributed by atoms with Crippen LogP contribution in [0, 0.1) is 0 Å². The van der Waals surface area contributed by atoms with Crippen molar-refractivity contribution in [2.45, 2.75) is 19.8 Å². The summed E-state index contributed by atoms with van der Waals surface area (Å²) in [4.78, 5) is 4.52. The van der Waals surface area contributed by atoms with Gasteiger partial charge in [-0.3, -0.25) is 4.99 Å². The van der Waals surface area contributed by atoms with E-state index in [1.54, 1.807) is 0 Å². The standard InChI is InChI=1S/C17H18BrNO/c1-2-3-12-20-17-7-5-4-6-16(17)19-13-14-8-10-15(18)11-9-14/h4-11,13H,2-3,12H2,1H3/b19-13+. The fourth-order valence-electron chi connectivity index (χ4n) is 1.71. The molecule has 2 aromatic rings. The summed E-state index contributed by atoms with van der Waals surface area (Å²) in [5.41, 5.74) is 1.93. The molecule has 2 rings (SSSR count). The maximum Gasteiger partial charge on any atom is 0.144 e. The lowest BCUT2D eigenvalue weighted by molar-refractivity contribution is 0.310. The van der Waals surface area contributed by atoms with Gasteiger partial charge in [-0.15, -0.1) is 0 Å². The van der Waals surface area contributed by atoms with Crippen molar-refractivity contribution in [3.8, 4) is 5.75 Å². The van der Waals surface area contributed by atoms with E-state index in [0.29, 0.717) is 0 Å². The van der Waals surface area contributed by atoms with Crippen LogP contribution in [0.4, 0.5) is 5.69 Å². The summed E-state index contributed by atoms with van der Waals surface area (Å²) in [7, 11) is 0. The zero-order valence-corrected chi connectivity index (χ0v) is 13.1. The van der Waals surface area contributed by atoms with Crippen LogP contribution in [0.3, 0.4) is 0 Å². The molecule has 2 nitrogen and oxygen atoms in total. The van der Waals surface area contributed by atoms with E-state index in [2.05, 4.69) is 27.8 Å². The number of ether oxygens (including phenoxy) is 1. The summed E-state index contributed by atoms with van der Waals surface area (Å²) in [5, 5.41) is 0. The van der Waals surface area contributed by atoms with Crippen molar-refractivity contribution < 1.29 is 4.74 Å². The molecule has 0 amide bonds. The molecule has 3 heteroatoms. The Labute approximate surface area is 128 Å². The van der Waals surface area contributed by atoms with Crippen molar-refractivity contribution in [3.05, 3.63) is 58.6 Å². The van der Waals surface area contributed by atoms with Gasteiger partial charge in [-0.1, -0.05) is 53.5 Å². The minimum Gasteiger partial charge on any atom is -0.491 e. The number of hydrogen-bond acceptors (Lipinski definition) is 2. The van der Waals surface area contributed by atoms with E-state index in [-0.39, 0.29) is 0 Å². The lowest BCUT2D eigenvalue weighted by Gasteiger charge is -2.07. The molecule has 0 aliphatic heterocycles. The molecule has 0 saturated heterocycles. The second-order valence-electron chi connectivity index (χ2n) is 4.48. The van der Waals surface area contributed by atoms with E-state index >= 15 is 0 Å². The van der Waals surface area contributed by atoms with Crippen LogP contribution in [0.2, 0.25) is 0 Å². The number of nitrogens with zero attached hydrogens (tertiary/aromatic N) is 1. The van der Waals surface area contributed by atoms with E-state index < -0.39 is 0 Å². The first-order valence-electron chi connectivity index (χ1n) is 6.81. The Kier molecular flexibility index (Phi) is 5.81. The molecule has 0 heterocycles. The molecule has 104 valence electrons. The predicted octanol–water partition coefficient (Wildman–Crippen LogP) is 5.38. The molecule has 0 radical (unpaired) electrons. The number of halogens is 1. The molecule has 0 N–H and O–H groups in total. The van der Waals surface area contributed by atoms with Crippen LogP contribution in [0.25, 0.3) is 0 Å². The molecule has 0 saturated carbocycles. The summed E-state index contributed by atoms with van der Waals surface area (Å²) in [5.74, 6) is 0.842. The average molecular weight is 332 g/mol. The van der Waals surface area contributed by atoms with Gasteiger partial charge in [-0.05, 0) is 36.2 Å². The minimum atomic E-state index is 0.737. The van der Waals surface area contributed by atoms with E-state index in [9.17, 15) is 0 Å². The van der Waals surface area contributed by atoms with Crippen LogP contribution < -0.4 is 4.74 Å². The number of benzene rings is 2. The van der Waals surface area contributed by atoms with E-state index in [1.165, 1.54) is 0 Å². The fourth-order valence-corrected chi connectivity index (χ4v) is 1.97. The first kappa shape index (κ1) is 14.8. The molecular weight excluding hydrogens is 314 g/mol. The summed E-state index contributed by atoms with van der Waals surface area (Å²) in [6, 6.07) is 15.9. The molecule has 0 aromatic heterocycles. The molecule has 0 unspecified atom stereocenters. The van der Waals surface area contributed by atoms with E-state index in [0.717, 1.165) is 40.9 Å². The lowest BCUT2D eigenvalue weighted by atomic mass is 10.2. The van der Waals surface area contributed by atoms with Gasteiger partial charge in [0.25, 0.3) is 0 Å². The van der Waals surface area contributed by atoms with Crippen molar-refractivity contribution in [2.24, 2.45) is 4.99 Å². The normalized spacial score (nSPS) is 10.9. The van der Waals surface area contributed by atoms with Crippen LogP contribution in [0.5, 0.6) is 5.75 Å². The van der Waals surface area contributed by atoms with Gasteiger partial charge in [-0.25, -0.2) is 0 Å². The van der Waals surface area contributed by atoms with Crippen molar-refractivity contribution >= 4 is 27.8 Å². The SMILES string of the molecule is CCCCOc1ccccc1/N=C/c1ccc(Br)cc1. The minimum absolute atomic E-state index is 0.737. The maximum atomic E-state index is 5.76. The Morgan fingerprint density at radius 1 is 1.10 bits per heavy atom. The smallest absolute Gasteiger partial charge is 0.144 e. The zero-order valence-electron chi connectivity index (χ0n) is 11.6. The zero-order chi connectivity index (χ0) is 14.2. The second-order valence-corrected chi connectivity index (χ2v) is 5.40. The highest BCUT2D eigenvalue weighted by molar-refractivity contribution is 9.10. The van der Waals surface area contributed by atoms with Crippen molar-refractivity contribution in [3.63, 3.8) is 0 Å². The molecule has 20 heavy (non-hydrogen) atoms. The Morgan fingerprint density at radius 3 is 2.60 bits per heavy atom. The van der Waals surface area contributed by atoms with Crippen LogP contribution >= 0.6 is 15.9 Å². The topological polar surface area (TPSA) is 21.6 Å². The molecule has 0 bridgehead atoms.